The van der Waals surface area contributed by atoms with Crippen molar-refractivity contribution in [1.82, 2.24) is 5.32 Å². The third-order valence-corrected chi connectivity index (χ3v) is 1.71. The lowest BCUT2D eigenvalue weighted by Gasteiger charge is -2.02. The molecule has 1 aromatic carbocycles. The number of carbonyl (C=O) groups excluding carboxylic acids is 1. The van der Waals surface area contributed by atoms with Crippen LogP contribution in [0.5, 0.6) is 0 Å². The fourth-order valence-corrected chi connectivity index (χ4v) is 0.984. The van der Waals surface area contributed by atoms with Gasteiger partial charge in [-0.3, -0.25) is 4.79 Å². The van der Waals surface area contributed by atoms with Crippen molar-refractivity contribution in [3.8, 4) is 0 Å². The largest absolute Gasteiger partial charge is 0.342 e. The second kappa shape index (κ2) is 4.32. The van der Waals surface area contributed by atoms with Crippen LogP contribution in [0.2, 0.25) is 0 Å². The molecule has 0 atom stereocenters. The lowest BCUT2D eigenvalue weighted by molar-refractivity contribution is 0.261. The minimum Gasteiger partial charge on any atom is -0.342 e. The highest BCUT2D eigenvalue weighted by Crippen LogP contribution is 2.09. The summed E-state index contributed by atoms with van der Waals surface area (Å²) in [7, 11) is 0. The van der Waals surface area contributed by atoms with Crippen LogP contribution in [-0.4, -0.2) is 4.82 Å². The van der Waals surface area contributed by atoms with Crippen LogP contribution in [0.4, 0.5) is 13.6 Å². The van der Waals surface area contributed by atoms with Crippen LogP contribution in [0.15, 0.2) is 18.2 Å². The molecule has 0 saturated heterocycles. The van der Waals surface area contributed by atoms with Gasteiger partial charge in [-0.05, 0) is 18.2 Å². The van der Waals surface area contributed by atoms with Gasteiger partial charge in [-0.1, -0.05) is 0 Å². The number of nitrogens with one attached hydrogen (secondary N) is 1. The van der Waals surface area contributed by atoms with Crippen molar-refractivity contribution in [3.63, 3.8) is 0 Å². The number of halogens is 3. The van der Waals surface area contributed by atoms with E-state index >= 15 is 0 Å². The molecule has 0 aliphatic rings. The average molecular weight is 250 g/mol. The summed E-state index contributed by atoms with van der Waals surface area (Å²) < 4.78 is 25.5. The minimum absolute atomic E-state index is 0.0341. The molecule has 0 bridgehead atoms. The summed E-state index contributed by atoms with van der Waals surface area (Å²) in [4.78, 5) is 9.94. The van der Waals surface area contributed by atoms with Gasteiger partial charge >= 0.3 is 0 Å². The molecule has 0 fully saturated rings. The number of carbonyl (C=O) groups is 1. The molecule has 1 aromatic rings. The second-order valence-corrected chi connectivity index (χ2v) is 3.08. The maximum absolute atomic E-state index is 12.9. The lowest BCUT2D eigenvalue weighted by Crippen LogP contribution is -2.16. The zero-order valence-electron chi connectivity index (χ0n) is 6.48. The first-order valence-corrected chi connectivity index (χ1v) is 4.26. The molecule has 0 spiro atoms. The van der Waals surface area contributed by atoms with E-state index in [1.165, 1.54) is 0 Å². The molecule has 0 unspecified atom stereocenters. The van der Waals surface area contributed by atoms with Crippen LogP contribution in [0.3, 0.4) is 0 Å². The van der Waals surface area contributed by atoms with Crippen LogP contribution >= 0.6 is 15.9 Å². The molecular formula is C8H6BrF2NO. The molecule has 0 saturated carbocycles. The van der Waals surface area contributed by atoms with E-state index in [1.807, 2.05) is 0 Å². The van der Waals surface area contributed by atoms with Crippen LogP contribution in [0, 0.1) is 11.6 Å². The second-order valence-electron chi connectivity index (χ2n) is 2.36. The number of rotatable bonds is 2. The summed E-state index contributed by atoms with van der Waals surface area (Å²) in [5, 5.41) is 2.30. The number of hydrogen-bond donors (Lipinski definition) is 1. The molecule has 1 rings (SSSR count). The zero-order valence-corrected chi connectivity index (χ0v) is 8.07. The first-order valence-electron chi connectivity index (χ1n) is 3.47. The Morgan fingerprint density at radius 1 is 1.46 bits per heavy atom. The fourth-order valence-electron chi connectivity index (χ4n) is 0.844. The average Bonchev–Trinajstić information content (AvgIpc) is 2.06. The standard InChI is InChI=1S/C8H6BrF2NO/c9-8(13)12-4-5-3-6(10)1-2-7(5)11/h1-3H,4H2,(H,12,13). The van der Waals surface area contributed by atoms with Gasteiger partial charge in [0, 0.05) is 28.0 Å². The van der Waals surface area contributed by atoms with E-state index < -0.39 is 16.5 Å². The van der Waals surface area contributed by atoms with E-state index in [1.54, 1.807) is 0 Å². The predicted octanol–water partition coefficient (Wildman–Crippen LogP) is 2.57. The monoisotopic (exact) mass is 249 g/mol. The first-order chi connectivity index (χ1) is 6.09. The van der Waals surface area contributed by atoms with Crippen molar-refractivity contribution in [1.29, 1.82) is 0 Å². The molecule has 0 heterocycles. The Labute approximate surface area is 82.1 Å². The van der Waals surface area contributed by atoms with Crippen molar-refractivity contribution < 1.29 is 13.6 Å². The highest BCUT2D eigenvalue weighted by atomic mass is 79.9. The Morgan fingerprint density at radius 2 is 2.15 bits per heavy atom. The number of benzene rings is 1. The van der Waals surface area contributed by atoms with Crippen LogP contribution in [-0.2, 0) is 6.54 Å². The Kier molecular flexibility index (Phi) is 3.36. The summed E-state index contributed by atoms with van der Waals surface area (Å²) in [6.07, 6.45) is 0. The lowest BCUT2D eigenvalue weighted by atomic mass is 10.2. The number of amides is 1. The maximum atomic E-state index is 12.9. The molecule has 13 heavy (non-hydrogen) atoms. The van der Waals surface area contributed by atoms with E-state index in [0.717, 1.165) is 18.2 Å². The van der Waals surface area contributed by atoms with Gasteiger partial charge in [-0.25, -0.2) is 8.78 Å². The van der Waals surface area contributed by atoms with E-state index in [4.69, 9.17) is 0 Å². The molecule has 5 heteroatoms. The van der Waals surface area contributed by atoms with Crippen molar-refractivity contribution in [3.05, 3.63) is 35.4 Å². The molecule has 1 amide bonds. The van der Waals surface area contributed by atoms with Crippen LogP contribution in [0.25, 0.3) is 0 Å². The number of hydrogen-bond acceptors (Lipinski definition) is 1. The first kappa shape index (κ1) is 10.1. The van der Waals surface area contributed by atoms with Crippen molar-refractivity contribution >= 4 is 20.7 Å². The SMILES string of the molecule is O=C(Br)NCc1cc(F)ccc1F. The highest BCUT2D eigenvalue weighted by Gasteiger charge is 2.03. The molecular weight excluding hydrogens is 244 g/mol. The van der Waals surface area contributed by atoms with Gasteiger partial charge in [-0.15, -0.1) is 0 Å². The van der Waals surface area contributed by atoms with Gasteiger partial charge in [0.2, 0.25) is 0 Å². The Bertz CT molecular complexity index is 330. The maximum Gasteiger partial charge on any atom is 0.287 e. The van der Waals surface area contributed by atoms with E-state index in [-0.39, 0.29) is 12.1 Å². The Balaban J connectivity index is 2.75. The zero-order chi connectivity index (χ0) is 9.84. The van der Waals surface area contributed by atoms with Crippen molar-refractivity contribution in [2.75, 3.05) is 0 Å². The summed E-state index contributed by atoms with van der Waals surface area (Å²) in [6, 6.07) is 3.08. The van der Waals surface area contributed by atoms with Crippen molar-refractivity contribution in [2.24, 2.45) is 0 Å². The fraction of sp³-hybridized carbons (Fsp3) is 0.125. The van der Waals surface area contributed by atoms with Crippen molar-refractivity contribution in [2.45, 2.75) is 6.54 Å². The topological polar surface area (TPSA) is 29.1 Å². The minimum atomic E-state index is -0.539. The molecule has 0 aromatic heterocycles. The smallest absolute Gasteiger partial charge is 0.287 e. The Morgan fingerprint density at radius 3 is 2.77 bits per heavy atom. The summed E-state index contributed by atoms with van der Waals surface area (Å²) in [6.45, 7) is -0.0341. The third-order valence-electron chi connectivity index (χ3n) is 1.43. The normalized spacial score (nSPS) is 9.77. The van der Waals surface area contributed by atoms with Gasteiger partial charge in [0.25, 0.3) is 4.82 Å². The summed E-state index contributed by atoms with van der Waals surface area (Å²) in [5.74, 6) is -1.07. The van der Waals surface area contributed by atoms with E-state index in [0.29, 0.717) is 0 Å². The predicted molar refractivity (Wildman–Crippen MR) is 47.5 cm³/mol. The molecule has 0 aliphatic heterocycles. The van der Waals surface area contributed by atoms with Crippen LogP contribution < -0.4 is 5.32 Å². The molecule has 0 radical (unpaired) electrons. The molecule has 2 nitrogen and oxygen atoms in total. The highest BCUT2D eigenvalue weighted by molar-refractivity contribution is 9.18. The third kappa shape index (κ3) is 3.10. The van der Waals surface area contributed by atoms with Crippen LogP contribution in [0.1, 0.15) is 5.56 Å². The molecule has 70 valence electrons. The molecule has 1 N–H and O–H groups in total. The molecule has 0 aliphatic carbocycles. The summed E-state index contributed by atoms with van der Waals surface area (Å²) >= 11 is 2.61. The van der Waals surface area contributed by atoms with E-state index in [9.17, 15) is 13.6 Å². The Hall–Kier alpha value is -0.970. The quantitative estimate of drug-likeness (QED) is 0.634. The van der Waals surface area contributed by atoms with E-state index in [2.05, 4.69) is 21.2 Å². The van der Waals surface area contributed by atoms with Gasteiger partial charge < -0.3 is 5.32 Å². The van der Waals surface area contributed by atoms with Gasteiger partial charge in [0.15, 0.2) is 0 Å². The summed E-state index contributed by atoms with van der Waals surface area (Å²) in [5.41, 5.74) is 0.118. The van der Waals surface area contributed by atoms with Gasteiger partial charge in [0.1, 0.15) is 11.6 Å². The van der Waals surface area contributed by atoms with Gasteiger partial charge in [-0.2, -0.15) is 0 Å². The van der Waals surface area contributed by atoms with Gasteiger partial charge in [0.05, 0.1) is 0 Å².